The van der Waals surface area contributed by atoms with Crippen molar-refractivity contribution in [2.75, 3.05) is 26.2 Å². The molecule has 2 aromatic rings. The molecule has 0 spiro atoms. The first-order valence-electron chi connectivity index (χ1n) is 6.96. The van der Waals surface area contributed by atoms with E-state index in [1.807, 2.05) is 24.4 Å². The van der Waals surface area contributed by atoms with Crippen LogP contribution in [0, 0.1) is 0 Å². The fraction of sp³-hybridized carbons (Fsp3) is 0.312. The molecule has 20 heavy (non-hydrogen) atoms. The summed E-state index contributed by atoms with van der Waals surface area (Å²) in [6, 6.07) is 12.1. The predicted octanol–water partition coefficient (Wildman–Crippen LogP) is 2.81. The Morgan fingerprint density at radius 1 is 1.10 bits per heavy atom. The molecule has 0 unspecified atom stereocenters. The number of hydrogen-bond donors (Lipinski definition) is 1. The number of pyridine rings is 1. The summed E-state index contributed by atoms with van der Waals surface area (Å²) in [5.41, 5.74) is 3.51. The van der Waals surface area contributed by atoms with Gasteiger partial charge in [-0.15, -0.1) is 0 Å². The van der Waals surface area contributed by atoms with E-state index in [4.69, 9.17) is 11.6 Å². The second-order valence-electron chi connectivity index (χ2n) is 5.03. The zero-order chi connectivity index (χ0) is 13.8. The lowest BCUT2D eigenvalue weighted by atomic mass is 10.0. The molecule has 3 nitrogen and oxygen atoms in total. The summed E-state index contributed by atoms with van der Waals surface area (Å²) < 4.78 is 0. The van der Waals surface area contributed by atoms with Crippen LogP contribution in [0.3, 0.4) is 0 Å². The fourth-order valence-corrected chi connectivity index (χ4v) is 2.66. The van der Waals surface area contributed by atoms with E-state index in [1.54, 1.807) is 0 Å². The molecule has 1 fully saturated rings. The van der Waals surface area contributed by atoms with Crippen LogP contribution in [0.25, 0.3) is 11.1 Å². The van der Waals surface area contributed by atoms with Crippen LogP contribution in [0.2, 0.25) is 5.02 Å². The molecule has 3 rings (SSSR count). The molecule has 2 heterocycles. The van der Waals surface area contributed by atoms with Crippen molar-refractivity contribution < 1.29 is 0 Å². The van der Waals surface area contributed by atoms with Gasteiger partial charge in [-0.2, -0.15) is 0 Å². The van der Waals surface area contributed by atoms with Crippen molar-refractivity contribution in [3.63, 3.8) is 0 Å². The lowest BCUT2D eigenvalue weighted by Crippen LogP contribution is -2.43. The normalized spacial score (nSPS) is 16.2. The van der Waals surface area contributed by atoms with Gasteiger partial charge in [-0.3, -0.25) is 9.88 Å². The largest absolute Gasteiger partial charge is 0.314 e. The Kier molecular flexibility index (Phi) is 4.31. The lowest BCUT2D eigenvalue weighted by Gasteiger charge is -2.27. The van der Waals surface area contributed by atoms with E-state index < -0.39 is 0 Å². The molecular formula is C16H18ClN3. The summed E-state index contributed by atoms with van der Waals surface area (Å²) in [5, 5.41) is 4.14. The van der Waals surface area contributed by atoms with Gasteiger partial charge < -0.3 is 5.32 Å². The summed E-state index contributed by atoms with van der Waals surface area (Å²) in [7, 11) is 0. The molecule has 1 aliphatic heterocycles. The first-order chi connectivity index (χ1) is 9.83. The van der Waals surface area contributed by atoms with Crippen LogP contribution in [0.5, 0.6) is 0 Å². The second-order valence-corrected chi connectivity index (χ2v) is 5.47. The molecule has 0 atom stereocenters. The zero-order valence-corrected chi connectivity index (χ0v) is 12.1. The minimum Gasteiger partial charge on any atom is -0.314 e. The van der Waals surface area contributed by atoms with Crippen LogP contribution >= 0.6 is 11.6 Å². The quantitative estimate of drug-likeness (QED) is 0.941. The van der Waals surface area contributed by atoms with Crippen LogP contribution < -0.4 is 5.32 Å². The van der Waals surface area contributed by atoms with Crippen molar-refractivity contribution in [2.24, 2.45) is 0 Å². The van der Waals surface area contributed by atoms with Gasteiger partial charge in [-0.05, 0) is 23.8 Å². The van der Waals surface area contributed by atoms with E-state index in [9.17, 15) is 0 Å². The summed E-state index contributed by atoms with van der Waals surface area (Å²) in [6.07, 6.45) is 1.87. The van der Waals surface area contributed by atoms with E-state index in [0.29, 0.717) is 0 Å². The van der Waals surface area contributed by atoms with Crippen molar-refractivity contribution >= 4 is 11.6 Å². The minimum absolute atomic E-state index is 0.765. The topological polar surface area (TPSA) is 28.2 Å². The van der Waals surface area contributed by atoms with E-state index in [1.165, 1.54) is 11.1 Å². The molecule has 0 saturated carbocycles. The molecule has 1 aromatic heterocycles. The molecule has 1 saturated heterocycles. The minimum atomic E-state index is 0.765. The van der Waals surface area contributed by atoms with Crippen molar-refractivity contribution in [1.29, 1.82) is 0 Å². The molecule has 1 N–H and O–H groups in total. The summed E-state index contributed by atoms with van der Waals surface area (Å²) in [6.45, 7) is 5.18. The van der Waals surface area contributed by atoms with Crippen LogP contribution in [0.15, 0.2) is 42.6 Å². The average Bonchev–Trinajstić information content (AvgIpc) is 2.50. The van der Waals surface area contributed by atoms with E-state index in [0.717, 1.165) is 43.4 Å². The third kappa shape index (κ3) is 3.18. The molecule has 0 aliphatic carbocycles. The van der Waals surface area contributed by atoms with Gasteiger partial charge in [-0.25, -0.2) is 0 Å². The lowest BCUT2D eigenvalue weighted by molar-refractivity contribution is 0.231. The SMILES string of the molecule is Clc1ccc(-c2cccnc2CN2CCNCC2)cc1. The summed E-state index contributed by atoms with van der Waals surface area (Å²) in [5.74, 6) is 0. The summed E-state index contributed by atoms with van der Waals surface area (Å²) in [4.78, 5) is 7.02. The summed E-state index contributed by atoms with van der Waals surface area (Å²) >= 11 is 5.96. The van der Waals surface area contributed by atoms with Crippen molar-refractivity contribution in [1.82, 2.24) is 15.2 Å². The van der Waals surface area contributed by atoms with E-state index in [2.05, 4.69) is 33.4 Å². The van der Waals surface area contributed by atoms with Gasteiger partial charge in [0.25, 0.3) is 0 Å². The molecule has 4 heteroatoms. The second kappa shape index (κ2) is 6.35. The monoisotopic (exact) mass is 287 g/mol. The number of rotatable bonds is 3. The zero-order valence-electron chi connectivity index (χ0n) is 11.3. The predicted molar refractivity (Wildman–Crippen MR) is 82.8 cm³/mol. The van der Waals surface area contributed by atoms with Crippen LogP contribution in [-0.2, 0) is 6.54 Å². The first-order valence-corrected chi connectivity index (χ1v) is 7.33. The molecule has 104 valence electrons. The number of benzene rings is 1. The van der Waals surface area contributed by atoms with Crippen molar-refractivity contribution in [3.8, 4) is 11.1 Å². The highest BCUT2D eigenvalue weighted by molar-refractivity contribution is 6.30. The van der Waals surface area contributed by atoms with Crippen LogP contribution in [0.4, 0.5) is 0 Å². The number of nitrogens with zero attached hydrogens (tertiary/aromatic N) is 2. The highest BCUT2D eigenvalue weighted by Gasteiger charge is 2.13. The fourth-order valence-electron chi connectivity index (χ4n) is 2.54. The van der Waals surface area contributed by atoms with Gasteiger partial charge in [0, 0.05) is 49.5 Å². The molecule has 1 aromatic carbocycles. The Bertz CT molecular complexity index is 562. The number of halogens is 1. The van der Waals surface area contributed by atoms with Gasteiger partial charge in [0.05, 0.1) is 5.69 Å². The van der Waals surface area contributed by atoms with E-state index >= 15 is 0 Å². The van der Waals surface area contributed by atoms with Gasteiger partial charge in [0.15, 0.2) is 0 Å². The Hall–Kier alpha value is -1.42. The first kappa shape index (κ1) is 13.6. The van der Waals surface area contributed by atoms with Gasteiger partial charge >= 0.3 is 0 Å². The standard InChI is InChI=1S/C16H18ClN3/c17-14-5-3-13(4-6-14)15-2-1-7-19-16(15)12-20-10-8-18-9-11-20/h1-7,18H,8-12H2. The van der Waals surface area contributed by atoms with Crippen LogP contribution in [-0.4, -0.2) is 36.1 Å². The van der Waals surface area contributed by atoms with Crippen molar-refractivity contribution in [3.05, 3.63) is 53.3 Å². The van der Waals surface area contributed by atoms with Crippen molar-refractivity contribution in [2.45, 2.75) is 6.54 Å². The Morgan fingerprint density at radius 3 is 2.60 bits per heavy atom. The molecule has 1 aliphatic rings. The van der Waals surface area contributed by atoms with Gasteiger partial charge in [-0.1, -0.05) is 29.8 Å². The molecule has 0 amide bonds. The number of hydrogen-bond acceptors (Lipinski definition) is 3. The van der Waals surface area contributed by atoms with Gasteiger partial charge in [0.1, 0.15) is 0 Å². The molecular weight excluding hydrogens is 270 g/mol. The van der Waals surface area contributed by atoms with Crippen LogP contribution in [0.1, 0.15) is 5.69 Å². The molecule has 0 radical (unpaired) electrons. The maximum absolute atomic E-state index is 5.96. The highest BCUT2D eigenvalue weighted by atomic mass is 35.5. The Morgan fingerprint density at radius 2 is 1.85 bits per heavy atom. The van der Waals surface area contributed by atoms with E-state index in [-0.39, 0.29) is 0 Å². The number of nitrogens with one attached hydrogen (secondary N) is 1. The third-order valence-electron chi connectivity index (χ3n) is 3.63. The highest BCUT2D eigenvalue weighted by Crippen LogP contribution is 2.24. The smallest absolute Gasteiger partial charge is 0.0622 e. The Balaban J connectivity index is 1.85. The maximum atomic E-state index is 5.96. The maximum Gasteiger partial charge on any atom is 0.0622 e. The Labute approximate surface area is 124 Å². The average molecular weight is 288 g/mol. The number of aromatic nitrogens is 1. The molecule has 0 bridgehead atoms. The number of piperazine rings is 1. The van der Waals surface area contributed by atoms with Gasteiger partial charge in [0.2, 0.25) is 0 Å². The third-order valence-corrected chi connectivity index (χ3v) is 3.88.